The molecule has 1 amide bonds. The summed E-state index contributed by atoms with van der Waals surface area (Å²) >= 11 is 1.39. The Morgan fingerprint density at radius 1 is 1.18 bits per heavy atom. The molecule has 34 heavy (non-hydrogen) atoms. The minimum absolute atomic E-state index is 0.207. The van der Waals surface area contributed by atoms with Crippen LogP contribution in [0.2, 0.25) is 0 Å². The van der Waals surface area contributed by atoms with Gasteiger partial charge in [0, 0.05) is 30.9 Å². The number of rotatable bonds is 6. The van der Waals surface area contributed by atoms with Crippen molar-refractivity contribution in [3.05, 3.63) is 64.2 Å². The van der Waals surface area contributed by atoms with Gasteiger partial charge in [-0.05, 0) is 62.2 Å². The Labute approximate surface area is 198 Å². The molecule has 0 radical (unpaired) electrons. The molecule has 1 aromatic carbocycles. The number of aromatic nitrogens is 5. The van der Waals surface area contributed by atoms with Crippen molar-refractivity contribution < 1.29 is 9.90 Å². The van der Waals surface area contributed by atoms with E-state index >= 15 is 0 Å². The maximum Gasteiger partial charge on any atom is 0.326 e. The summed E-state index contributed by atoms with van der Waals surface area (Å²) in [4.78, 5) is 38.2. The number of anilines is 1. The molecule has 174 valence electrons. The van der Waals surface area contributed by atoms with Crippen LogP contribution >= 0.6 is 11.3 Å². The zero-order chi connectivity index (χ0) is 24.0. The molecule has 0 aliphatic carbocycles. The predicted octanol–water partition coefficient (Wildman–Crippen LogP) is 3.75. The van der Waals surface area contributed by atoms with Gasteiger partial charge in [-0.15, -0.1) is 11.3 Å². The summed E-state index contributed by atoms with van der Waals surface area (Å²) in [6.45, 7) is 3.92. The zero-order valence-corrected chi connectivity index (χ0v) is 19.8. The smallest absolute Gasteiger partial charge is 0.326 e. The standard InChI is InChI=1S/C24H24N6O3S/c1-24(2,33)8-11-30-18-13-17-15(27-23(32)29(17)3)12-16(18)26-22(30)28-21(31)20-5-4-19(34-20)14-6-9-25-10-7-14/h4-7,9-10,12-13,33H,8,11H2,1-3H3,(H,27,32)(H,26,28,31). The molecule has 3 N–H and O–H groups in total. The second kappa shape index (κ2) is 8.23. The van der Waals surface area contributed by atoms with Gasteiger partial charge in [0.15, 0.2) is 0 Å². The molecule has 0 spiro atoms. The predicted molar refractivity (Wildman–Crippen MR) is 133 cm³/mol. The van der Waals surface area contributed by atoms with Crippen molar-refractivity contribution in [2.75, 3.05) is 5.32 Å². The number of amides is 1. The molecule has 0 saturated heterocycles. The molecular weight excluding hydrogens is 452 g/mol. The molecule has 10 heteroatoms. The number of H-pyrrole nitrogens is 1. The number of aliphatic hydroxyl groups is 1. The van der Waals surface area contributed by atoms with Crippen molar-refractivity contribution in [3.63, 3.8) is 0 Å². The number of aryl methyl sites for hydroxylation is 2. The molecule has 0 fully saturated rings. The van der Waals surface area contributed by atoms with E-state index in [4.69, 9.17) is 0 Å². The van der Waals surface area contributed by atoms with Gasteiger partial charge in [0.2, 0.25) is 5.95 Å². The van der Waals surface area contributed by atoms with Crippen molar-refractivity contribution in [2.45, 2.75) is 32.4 Å². The van der Waals surface area contributed by atoms with E-state index in [1.807, 2.05) is 28.8 Å². The maximum atomic E-state index is 13.1. The number of imidazole rings is 2. The number of hydrogen-bond acceptors (Lipinski definition) is 6. The summed E-state index contributed by atoms with van der Waals surface area (Å²) in [5, 5.41) is 13.2. The average Bonchev–Trinajstić information content (AvgIpc) is 3.48. The van der Waals surface area contributed by atoms with Crippen LogP contribution in [-0.2, 0) is 13.6 Å². The topological polar surface area (TPSA) is 118 Å². The Balaban J connectivity index is 1.52. The second-order valence-corrected chi connectivity index (χ2v) is 9.93. The van der Waals surface area contributed by atoms with Crippen LogP contribution in [0.25, 0.3) is 32.5 Å². The van der Waals surface area contributed by atoms with Gasteiger partial charge in [0.1, 0.15) is 0 Å². The third-order valence-electron chi connectivity index (χ3n) is 5.74. The Morgan fingerprint density at radius 3 is 2.68 bits per heavy atom. The van der Waals surface area contributed by atoms with E-state index in [0.717, 1.165) is 21.5 Å². The quantitative estimate of drug-likeness (QED) is 0.345. The summed E-state index contributed by atoms with van der Waals surface area (Å²) < 4.78 is 3.41. The fourth-order valence-corrected chi connectivity index (χ4v) is 4.75. The van der Waals surface area contributed by atoms with Crippen LogP contribution in [0.1, 0.15) is 29.9 Å². The van der Waals surface area contributed by atoms with Gasteiger partial charge in [0.05, 0.1) is 32.5 Å². The highest BCUT2D eigenvalue weighted by Crippen LogP contribution is 2.29. The molecule has 5 aromatic rings. The molecular formula is C24H24N6O3S. The molecule has 0 unspecified atom stereocenters. The van der Waals surface area contributed by atoms with Crippen LogP contribution < -0.4 is 11.0 Å². The summed E-state index contributed by atoms with van der Waals surface area (Å²) in [5.74, 6) is 0.129. The number of benzene rings is 1. The van der Waals surface area contributed by atoms with Gasteiger partial charge in [0.25, 0.3) is 5.91 Å². The molecule has 5 rings (SSSR count). The number of nitrogens with one attached hydrogen (secondary N) is 2. The average molecular weight is 477 g/mol. The minimum Gasteiger partial charge on any atom is -0.390 e. The Morgan fingerprint density at radius 2 is 1.94 bits per heavy atom. The zero-order valence-electron chi connectivity index (χ0n) is 19.0. The van der Waals surface area contributed by atoms with Crippen molar-refractivity contribution in [1.29, 1.82) is 0 Å². The first-order valence-electron chi connectivity index (χ1n) is 10.8. The molecule has 0 aliphatic heterocycles. The monoisotopic (exact) mass is 476 g/mol. The summed E-state index contributed by atoms with van der Waals surface area (Å²) in [6.07, 6.45) is 3.89. The normalized spacial score (nSPS) is 12.0. The van der Waals surface area contributed by atoms with Crippen molar-refractivity contribution in [3.8, 4) is 10.4 Å². The van der Waals surface area contributed by atoms with E-state index in [2.05, 4.69) is 20.3 Å². The highest BCUT2D eigenvalue weighted by atomic mass is 32.1. The number of carbonyl (C=O) groups excluding carboxylic acids is 1. The largest absolute Gasteiger partial charge is 0.390 e. The fourth-order valence-electron chi connectivity index (χ4n) is 3.85. The lowest BCUT2D eigenvalue weighted by atomic mass is 10.1. The first kappa shape index (κ1) is 22.1. The van der Waals surface area contributed by atoms with E-state index in [1.165, 1.54) is 15.9 Å². The van der Waals surface area contributed by atoms with E-state index < -0.39 is 5.60 Å². The highest BCUT2D eigenvalue weighted by Gasteiger charge is 2.20. The first-order chi connectivity index (χ1) is 16.2. The first-order valence-corrected chi connectivity index (χ1v) is 11.6. The van der Waals surface area contributed by atoms with Crippen molar-refractivity contribution >= 4 is 45.3 Å². The number of thiophene rings is 1. The Bertz CT molecular complexity index is 1570. The lowest BCUT2D eigenvalue weighted by Gasteiger charge is -2.18. The number of fused-ring (bicyclic) bond motifs is 2. The molecule has 4 heterocycles. The number of carbonyl (C=O) groups is 1. The maximum absolute atomic E-state index is 13.1. The summed E-state index contributed by atoms with van der Waals surface area (Å²) in [5.41, 5.74) is 2.72. The van der Waals surface area contributed by atoms with Crippen molar-refractivity contribution in [2.24, 2.45) is 7.05 Å². The third-order valence-corrected chi connectivity index (χ3v) is 6.87. The van der Waals surface area contributed by atoms with Gasteiger partial charge < -0.3 is 14.7 Å². The van der Waals surface area contributed by atoms with Gasteiger partial charge in [-0.3, -0.25) is 19.7 Å². The summed E-state index contributed by atoms with van der Waals surface area (Å²) in [7, 11) is 1.70. The third kappa shape index (κ3) is 4.13. The number of hydrogen-bond donors (Lipinski definition) is 3. The van der Waals surface area contributed by atoms with E-state index in [9.17, 15) is 14.7 Å². The van der Waals surface area contributed by atoms with Crippen LogP contribution in [0.5, 0.6) is 0 Å². The fraction of sp³-hybridized carbons (Fsp3) is 0.250. The summed E-state index contributed by atoms with van der Waals surface area (Å²) in [6, 6.07) is 11.2. The number of aromatic amines is 1. The Kier molecular flexibility index (Phi) is 5.34. The minimum atomic E-state index is -0.893. The van der Waals surface area contributed by atoms with E-state index in [0.29, 0.717) is 34.8 Å². The molecule has 0 aliphatic rings. The van der Waals surface area contributed by atoms with Gasteiger partial charge in [-0.2, -0.15) is 0 Å². The second-order valence-electron chi connectivity index (χ2n) is 8.85. The molecule has 9 nitrogen and oxygen atoms in total. The van der Waals surface area contributed by atoms with Crippen LogP contribution in [0.4, 0.5) is 5.95 Å². The van der Waals surface area contributed by atoms with Crippen LogP contribution in [-0.4, -0.2) is 40.7 Å². The lowest BCUT2D eigenvalue weighted by molar-refractivity contribution is 0.0667. The van der Waals surface area contributed by atoms with Gasteiger partial charge in [-0.25, -0.2) is 9.78 Å². The lowest BCUT2D eigenvalue weighted by Crippen LogP contribution is -2.22. The van der Waals surface area contributed by atoms with E-state index in [-0.39, 0.29) is 11.6 Å². The number of nitrogens with zero attached hydrogens (tertiary/aromatic N) is 4. The van der Waals surface area contributed by atoms with E-state index in [1.54, 1.807) is 45.4 Å². The van der Waals surface area contributed by atoms with Crippen LogP contribution in [0.15, 0.2) is 53.6 Å². The van der Waals surface area contributed by atoms with Gasteiger partial charge >= 0.3 is 5.69 Å². The molecule has 4 aromatic heterocycles. The number of pyridine rings is 1. The molecule has 0 bridgehead atoms. The van der Waals surface area contributed by atoms with Crippen LogP contribution in [0.3, 0.4) is 0 Å². The van der Waals surface area contributed by atoms with Crippen molar-refractivity contribution in [1.82, 2.24) is 24.1 Å². The van der Waals surface area contributed by atoms with Crippen LogP contribution in [0, 0.1) is 0 Å². The highest BCUT2D eigenvalue weighted by molar-refractivity contribution is 7.17. The Hall–Kier alpha value is -3.76. The van der Waals surface area contributed by atoms with Gasteiger partial charge in [-0.1, -0.05) is 0 Å². The molecule has 0 atom stereocenters. The SMILES string of the molecule is Cn1c(=O)[nH]c2cc3nc(NC(=O)c4ccc(-c5ccncc5)s4)n(CCC(C)(C)O)c3cc21. The molecule has 0 saturated carbocycles.